The van der Waals surface area contributed by atoms with Gasteiger partial charge in [0.1, 0.15) is 23.2 Å². The van der Waals surface area contributed by atoms with Gasteiger partial charge >= 0.3 is 0 Å². The van der Waals surface area contributed by atoms with Gasteiger partial charge in [-0.05, 0) is 24.6 Å². The first kappa shape index (κ1) is 23.0. The second kappa shape index (κ2) is 9.34. The third-order valence-electron chi connectivity index (χ3n) is 5.99. The number of aliphatic imine (C=N–C) groups is 1. The Balaban J connectivity index is 1.63. The van der Waals surface area contributed by atoms with Crippen LogP contribution in [-0.4, -0.2) is 54.1 Å². The highest BCUT2D eigenvalue weighted by atomic mass is 19.1. The highest BCUT2D eigenvalue weighted by Crippen LogP contribution is 2.47. The Kier molecular flexibility index (Phi) is 6.50. The monoisotopic (exact) mass is 464 g/mol. The standard InChI is InChI=1S/C22H23F3N4O4/c1-22(20-17(4-5-23)31-10-18(20)33-21(26)29-22)13-6-12(2-3-14(13)25)7-16(30)15-8-28-19(9-27-15)32-11-24/h2-3,6,8-9,17-18,20H,4-5,7,10-11H2,1H3,(H2,26,29)/t17-,18+,20-,22+/m0/s1. The van der Waals surface area contributed by atoms with E-state index in [0.29, 0.717) is 5.56 Å². The van der Waals surface area contributed by atoms with Crippen LogP contribution in [0.2, 0.25) is 0 Å². The van der Waals surface area contributed by atoms with Crippen LogP contribution >= 0.6 is 0 Å². The van der Waals surface area contributed by atoms with Crippen LogP contribution < -0.4 is 10.5 Å². The number of aromatic nitrogens is 2. The summed E-state index contributed by atoms with van der Waals surface area (Å²) in [6, 6.07) is 4.19. The third-order valence-corrected chi connectivity index (χ3v) is 5.99. The summed E-state index contributed by atoms with van der Waals surface area (Å²) in [6.07, 6.45) is 1.35. The zero-order chi connectivity index (χ0) is 23.6. The maximum absolute atomic E-state index is 15.1. The van der Waals surface area contributed by atoms with Gasteiger partial charge in [-0.3, -0.25) is 9.18 Å². The van der Waals surface area contributed by atoms with E-state index < -0.39 is 43.0 Å². The van der Waals surface area contributed by atoms with Crippen LogP contribution in [0.5, 0.6) is 5.88 Å². The lowest BCUT2D eigenvalue weighted by molar-refractivity contribution is 0.0469. The van der Waals surface area contributed by atoms with Gasteiger partial charge in [-0.15, -0.1) is 0 Å². The Labute approximate surface area is 188 Å². The molecule has 0 unspecified atom stereocenters. The first-order valence-corrected chi connectivity index (χ1v) is 10.4. The van der Waals surface area contributed by atoms with Crippen LogP contribution in [0.15, 0.2) is 35.6 Å². The topological polar surface area (TPSA) is 109 Å². The number of nitrogens with zero attached hydrogens (tertiary/aromatic N) is 3. The Hall–Kier alpha value is -3.21. The van der Waals surface area contributed by atoms with Gasteiger partial charge in [-0.2, -0.15) is 0 Å². The van der Waals surface area contributed by atoms with E-state index in [1.165, 1.54) is 18.3 Å². The molecule has 33 heavy (non-hydrogen) atoms. The molecule has 0 amide bonds. The van der Waals surface area contributed by atoms with E-state index in [2.05, 4.69) is 19.7 Å². The van der Waals surface area contributed by atoms with Crippen molar-refractivity contribution < 1.29 is 32.2 Å². The minimum absolute atomic E-state index is 0.0443. The van der Waals surface area contributed by atoms with E-state index in [-0.39, 0.29) is 48.4 Å². The number of alkyl halides is 2. The number of amidine groups is 1. The second-order valence-electron chi connectivity index (χ2n) is 8.04. The van der Waals surface area contributed by atoms with E-state index >= 15 is 4.39 Å². The van der Waals surface area contributed by atoms with Crippen molar-refractivity contribution in [3.63, 3.8) is 0 Å². The van der Waals surface area contributed by atoms with Crippen molar-refractivity contribution in [1.29, 1.82) is 0 Å². The van der Waals surface area contributed by atoms with Gasteiger partial charge in [-0.25, -0.2) is 23.7 Å². The predicted octanol–water partition coefficient (Wildman–Crippen LogP) is 2.65. The molecule has 8 nitrogen and oxygen atoms in total. The molecule has 2 aromatic rings. The Morgan fingerprint density at radius 1 is 1.30 bits per heavy atom. The maximum atomic E-state index is 15.1. The van der Waals surface area contributed by atoms with Crippen molar-refractivity contribution in [3.05, 3.63) is 53.2 Å². The first-order valence-electron chi connectivity index (χ1n) is 10.4. The van der Waals surface area contributed by atoms with Crippen LogP contribution in [0.4, 0.5) is 13.2 Å². The summed E-state index contributed by atoms with van der Waals surface area (Å²) < 4.78 is 56.3. The summed E-state index contributed by atoms with van der Waals surface area (Å²) in [4.78, 5) is 24.8. The summed E-state index contributed by atoms with van der Waals surface area (Å²) in [5, 5.41) is 0. The van der Waals surface area contributed by atoms with E-state index in [1.54, 1.807) is 13.0 Å². The number of halogens is 3. The fourth-order valence-electron chi connectivity index (χ4n) is 4.53. The van der Waals surface area contributed by atoms with Crippen LogP contribution in [0, 0.1) is 11.7 Å². The molecule has 4 rings (SSSR count). The molecule has 0 aliphatic carbocycles. The van der Waals surface area contributed by atoms with Crippen molar-refractivity contribution in [2.45, 2.75) is 37.5 Å². The summed E-state index contributed by atoms with van der Waals surface area (Å²) in [6.45, 7) is 0.243. The number of nitrogens with two attached hydrogens (primary N) is 1. The predicted molar refractivity (Wildman–Crippen MR) is 111 cm³/mol. The van der Waals surface area contributed by atoms with E-state index in [1.807, 2.05) is 0 Å². The number of benzene rings is 1. The molecule has 1 aromatic heterocycles. The van der Waals surface area contributed by atoms with Gasteiger partial charge < -0.3 is 19.9 Å². The summed E-state index contributed by atoms with van der Waals surface area (Å²) in [5.74, 6) is -1.42. The summed E-state index contributed by atoms with van der Waals surface area (Å²) >= 11 is 0. The number of ether oxygens (including phenoxy) is 3. The highest BCUT2D eigenvalue weighted by Gasteiger charge is 2.54. The van der Waals surface area contributed by atoms with Crippen LogP contribution in [0.25, 0.3) is 0 Å². The van der Waals surface area contributed by atoms with Gasteiger partial charge in [-0.1, -0.05) is 6.07 Å². The van der Waals surface area contributed by atoms with Crippen LogP contribution in [-0.2, 0) is 21.4 Å². The van der Waals surface area contributed by atoms with Gasteiger partial charge in [0.2, 0.25) is 12.7 Å². The largest absolute Gasteiger partial charge is 0.459 e. The molecule has 2 aliphatic rings. The zero-order valence-corrected chi connectivity index (χ0v) is 17.8. The number of ketones is 1. The normalized spacial score (nSPS) is 26.3. The minimum atomic E-state index is -1.18. The van der Waals surface area contributed by atoms with Crippen molar-refractivity contribution in [2.75, 3.05) is 20.1 Å². The highest BCUT2D eigenvalue weighted by molar-refractivity contribution is 5.95. The number of hydrogen-bond donors (Lipinski definition) is 1. The smallest absolute Gasteiger partial charge is 0.283 e. The fourth-order valence-corrected chi connectivity index (χ4v) is 4.53. The molecule has 1 fully saturated rings. The zero-order valence-electron chi connectivity index (χ0n) is 17.8. The maximum Gasteiger partial charge on any atom is 0.283 e. The van der Waals surface area contributed by atoms with Crippen LogP contribution in [0.3, 0.4) is 0 Å². The number of rotatable bonds is 8. The molecular formula is C22H23F3N4O4. The number of Topliss-reactive ketones (excluding diaryl/α,β-unsaturated/α-hetero) is 1. The third kappa shape index (κ3) is 4.50. The van der Waals surface area contributed by atoms with Gasteiger partial charge in [0.05, 0.1) is 37.7 Å². The SMILES string of the molecule is C[C@]1(c2cc(CC(=O)c3cnc(OCF)cn3)ccc2F)N=C(N)O[C@@H]2CO[C@@H](CCF)[C@@H]21. The van der Waals surface area contributed by atoms with Gasteiger partial charge in [0, 0.05) is 18.4 Å². The average molecular weight is 464 g/mol. The lowest BCUT2D eigenvalue weighted by Gasteiger charge is -2.41. The molecule has 0 spiro atoms. The fraction of sp³-hybridized carbons (Fsp3) is 0.455. The van der Waals surface area contributed by atoms with Crippen molar-refractivity contribution in [2.24, 2.45) is 16.6 Å². The van der Waals surface area contributed by atoms with Crippen molar-refractivity contribution >= 4 is 11.8 Å². The molecular weight excluding hydrogens is 441 g/mol. The molecule has 0 radical (unpaired) electrons. The van der Waals surface area contributed by atoms with E-state index in [9.17, 15) is 13.6 Å². The number of hydrogen-bond acceptors (Lipinski definition) is 8. The average Bonchev–Trinajstić information content (AvgIpc) is 3.19. The minimum Gasteiger partial charge on any atom is -0.459 e. The summed E-state index contributed by atoms with van der Waals surface area (Å²) in [5.41, 5.74) is 5.47. The molecule has 1 aromatic carbocycles. The Morgan fingerprint density at radius 2 is 2.12 bits per heavy atom. The lowest BCUT2D eigenvalue weighted by atomic mass is 9.73. The molecule has 3 heterocycles. The van der Waals surface area contributed by atoms with E-state index in [4.69, 9.17) is 15.2 Å². The number of fused-ring (bicyclic) bond motifs is 1. The Bertz CT molecular complexity index is 1050. The number of carbonyl (C=O) groups is 1. The lowest BCUT2D eigenvalue weighted by Crippen LogP contribution is -2.49. The van der Waals surface area contributed by atoms with Gasteiger partial charge in [0.25, 0.3) is 6.02 Å². The number of carbonyl (C=O) groups excluding carboxylic acids is 1. The molecule has 2 N–H and O–H groups in total. The van der Waals surface area contributed by atoms with E-state index in [0.717, 1.165) is 6.20 Å². The molecule has 1 saturated heterocycles. The molecule has 0 saturated carbocycles. The quantitative estimate of drug-likeness (QED) is 0.598. The molecule has 2 aliphatic heterocycles. The Morgan fingerprint density at radius 3 is 2.82 bits per heavy atom. The molecule has 176 valence electrons. The first-order chi connectivity index (χ1) is 15.9. The van der Waals surface area contributed by atoms with Crippen molar-refractivity contribution in [3.8, 4) is 5.88 Å². The van der Waals surface area contributed by atoms with Crippen molar-refractivity contribution in [1.82, 2.24) is 9.97 Å². The summed E-state index contributed by atoms with van der Waals surface area (Å²) in [7, 11) is 0. The molecule has 4 atom stereocenters. The molecule has 0 bridgehead atoms. The van der Waals surface area contributed by atoms with Gasteiger partial charge in [0.15, 0.2) is 5.78 Å². The molecule has 11 heteroatoms. The van der Waals surface area contributed by atoms with Crippen LogP contribution in [0.1, 0.15) is 35.0 Å². The second-order valence-corrected chi connectivity index (χ2v) is 8.04.